The van der Waals surface area contributed by atoms with E-state index in [-0.39, 0.29) is 6.04 Å². The van der Waals surface area contributed by atoms with Crippen LogP contribution < -0.4 is 11.5 Å². The lowest BCUT2D eigenvalue weighted by molar-refractivity contribution is 0.436. The Bertz CT molecular complexity index is 298. The van der Waals surface area contributed by atoms with Crippen molar-refractivity contribution in [2.45, 2.75) is 64.3 Å². The second-order valence-corrected chi connectivity index (χ2v) is 5.66. The first-order valence-corrected chi connectivity index (χ1v) is 7.73. The molecule has 3 heteroatoms. The molecule has 19 heavy (non-hydrogen) atoms. The highest BCUT2D eigenvalue weighted by Crippen LogP contribution is 2.18. The highest BCUT2D eigenvalue weighted by Gasteiger charge is 2.07. The monoisotopic (exact) mass is 266 g/mol. The Hall–Kier alpha value is -0.800. The summed E-state index contributed by atoms with van der Waals surface area (Å²) in [4.78, 5) is 0. The lowest BCUT2D eigenvalue weighted by Crippen LogP contribution is -2.10. The van der Waals surface area contributed by atoms with Crippen molar-refractivity contribution in [3.8, 4) is 0 Å². The summed E-state index contributed by atoms with van der Waals surface area (Å²) in [6, 6.07) is 3.93. The van der Waals surface area contributed by atoms with Crippen molar-refractivity contribution in [2.24, 2.45) is 17.4 Å². The average Bonchev–Trinajstić information content (AvgIpc) is 2.95. The molecule has 1 aromatic rings. The molecule has 0 saturated carbocycles. The van der Waals surface area contributed by atoms with Gasteiger partial charge in [0.15, 0.2) is 0 Å². The molecular formula is C16H30N2O. The summed E-state index contributed by atoms with van der Waals surface area (Å²) in [7, 11) is 0. The molecule has 0 spiro atoms. The van der Waals surface area contributed by atoms with Crippen molar-refractivity contribution < 1.29 is 4.42 Å². The van der Waals surface area contributed by atoms with Crippen LogP contribution in [0, 0.1) is 5.92 Å². The molecular weight excluding hydrogens is 236 g/mol. The molecule has 2 unspecified atom stereocenters. The van der Waals surface area contributed by atoms with E-state index in [9.17, 15) is 0 Å². The van der Waals surface area contributed by atoms with Gasteiger partial charge in [-0.15, -0.1) is 0 Å². The topological polar surface area (TPSA) is 65.2 Å². The Morgan fingerprint density at radius 2 is 1.68 bits per heavy atom. The van der Waals surface area contributed by atoms with Crippen LogP contribution in [-0.2, 0) is 0 Å². The van der Waals surface area contributed by atoms with Gasteiger partial charge in [-0.25, -0.2) is 0 Å². The van der Waals surface area contributed by atoms with Crippen molar-refractivity contribution in [1.82, 2.24) is 0 Å². The van der Waals surface area contributed by atoms with Crippen molar-refractivity contribution >= 4 is 0 Å². The maximum Gasteiger partial charge on any atom is 0.120 e. The second-order valence-electron chi connectivity index (χ2n) is 5.66. The summed E-state index contributed by atoms with van der Waals surface area (Å²) in [6.07, 6.45) is 11.8. The smallest absolute Gasteiger partial charge is 0.120 e. The van der Waals surface area contributed by atoms with Gasteiger partial charge in [0, 0.05) is 0 Å². The zero-order valence-corrected chi connectivity index (χ0v) is 12.3. The molecule has 3 nitrogen and oxygen atoms in total. The minimum absolute atomic E-state index is 0.0698. The standard InChI is InChI=1S/C16H30N2O/c1-14(13-17)9-6-4-2-3-5-7-10-15(18)16-11-8-12-19-16/h8,11-12,14-15H,2-7,9-10,13,17-18H2,1H3. The molecule has 1 aromatic heterocycles. The van der Waals surface area contributed by atoms with Gasteiger partial charge in [-0.1, -0.05) is 45.4 Å². The van der Waals surface area contributed by atoms with E-state index in [2.05, 4.69) is 6.92 Å². The van der Waals surface area contributed by atoms with E-state index in [1.54, 1.807) is 6.26 Å². The van der Waals surface area contributed by atoms with Crippen molar-refractivity contribution in [2.75, 3.05) is 6.54 Å². The maximum absolute atomic E-state index is 6.04. The summed E-state index contributed by atoms with van der Waals surface area (Å²) >= 11 is 0. The number of rotatable bonds is 11. The van der Waals surface area contributed by atoms with E-state index in [0.717, 1.165) is 18.7 Å². The first-order valence-electron chi connectivity index (χ1n) is 7.73. The molecule has 0 fully saturated rings. The SMILES string of the molecule is CC(CN)CCCCCCCCC(N)c1ccco1. The molecule has 0 amide bonds. The fourth-order valence-corrected chi connectivity index (χ4v) is 2.33. The fourth-order valence-electron chi connectivity index (χ4n) is 2.33. The van der Waals surface area contributed by atoms with Crippen LogP contribution in [0.4, 0.5) is 0 Å². The van der Waals surface area contributed by atoms with Gasteiger partial charge < -0.3 is 15.9 Å². The predicted molar refractivity (Wildman–Crippen MR) is 80.8 cm³/mol. The molecule has 0 bridgehead atoms. The van der Waals surface area contributed by atoms with E-state index in [1.165, 1.54) is 44.9 Å². The summed E-state index contributed by atoms with van der Waals surface area (Å²) < 4.78 is 5.30. The van der Waals surface area contributed by atoms with Crippen LogP contribution >= 0.6 is 0 Å². The van der Waals surface area contributed by atoms with E-state index >= 15 is 0 Å². The highest BCUT2D eigenvalue weighted by molar-refractivity contribution is 5.02. The van der Waals surface area contributed by atoms with Crippen molar-refractivity contribution in [1.29, 1.82) is 0 Å². The number of nitrogens with two attached hydrogens (primary N) is 2. The van der Waals surface area contributed by atoms with Gasteiger partial charge in [0.05, 0.1) is 12.3 Å². The van der Waals surface area contributed by atoms with E-state index in [0.29, 0.717) is 5.92 Å². The lowest BCUT2D eigenvalue weighted by atomic mass is 10.0. The van der Waals surface area contributed by atoms with Crippen LogP contribution in [0.5, 0.6) is 0 Å². The lowest BCUT2D eigenvalue weighted by Gasteiger charge is -2.09. The molecule has 1 rings (SSSR count). The predicted octanol–water partition coefficient (Wildman–Crippen LogP) is 4.00. The van der Waals surface area contributed by atoms with Gasteiger partial charge >= 0.3 is 0 Å². The molecule has 1 heterocycles. The van der Waals surface area contributed by atoms with Gasteiger partial charge in [0.2, 0.25) is 0 Å². The fraction of sp³-hybridized carbons (Fsp3) is 0.750. The Labute approximate surface area is 117 Å². The van der Waals surface area contributed by atoms with Crippen LogP contribution in [0.2, 0.25) is 0 Å². The summed E-state index contributed by atoms with van der Waals surface area (Å²) in [5, 5.41) is 0. The van der Waals surface area contributed by atoms with Crippen LogP contribution in [0.15, 0.2) is 22.8 Å². The summed E-state index contributed by atoms with van der Waals surface area (Å²) in [5.74, 6) is 1.60. The van der Waals surface area contributed by atoms with Crippen molar-refractivity contribution in [3.63, 3.8) is 0 Å². The number of unbranched alkanes of at least 4 members (excludes halogenated alkanes) is 5. The third-order valence-electron chi connectivity index (χ3n) is 3.77. The molecule has 4 N–H and O–H groups in total. The largest absolute Gasteiger partial charge is 0.468 e. The van der Waals surface area contributed by atoms with Gasteiger partial charge in [0.25, 0.3) is 0 Å². The molecule has 2 atom stereocenters. The summed E-state index contributed by atoms with van der Waals surface area (Å²) in [6.45, 7) is 3.06. The van der Waals surface area contributed by atoms with Gasteiger partial charge in [-0.2, -0.15) is 0 Å². The van der Waals surface area contributed by atoms with Gasteiger partial charge in [-0.3, -0.25) is 0 Å². The molecule has 0 aliphatic carbocycles. The Morgan fingerprint density at radius 3 is 2.26 bits per heavy atom. The number of hydrogen-bond acceptors (Lipinski definition) is 3. The van der Waals surface area contributed by atoms with Gasteiger partial charge in [0.1, 0.15) is 5.76 Å². The van der Waals surface area contributed by atoms with E-state index in [4.69, 9.17) is 15.9 Å². The summed E-state index contributed by atoms with van der Waals surface area (Å²) in [5.41, 5.74) is 11.6. The van der Waals surface area contributed by atoms with Crippen LogP contribution in [0.1, 0.15) is 70.1 Å². The van der Waals surface area contributed by atoms with E-state index < -0.39 is 0 Å². The zero-order chi connectivity index (χ0) is 13.9. The quantitative estimate of drug-likeness (QED) is 0.595. The first-order chi connectivity index (χ1) is 9.24. The molecule has 0 aliphatic heterocycles. The molecule has 0 aromatic carbocycles. The minimum Gasteiger partial charge on any atom is -0.468 e. The van der Waals surface area contributed by atoms with Crippen LogP contribution in [0.3, 0.4) is 0 Å². The normalized spacial score (nSPS) is 14.5. The zero-order valence-electron chi connectivity index (χ0n) is 12.3. The third kappa shape index (κ3) is 7.38. The second kappa shape index (κ2) is 10.0. The Balaban J connectivity index is 1.89. The molecule has 0 radical (unpaired) electrons. The highest BCUT2D eigenvalue weighted by atomic mass is 16.3. The minimum atomic E-state index is 0.0698. The average molecular weight is 266 g/mol. The third-order valence-corrected chi connectivity index (χ3v) is 3.77. The Morgan fingerprint density at radius 1 is 1.05 bits per heavy atom. The van der Waals surface area contributed by atoms with E-state index in [1.807, 2.05) is 12.1 Å². The molecule has 0 saturated heterocycles. The number of furan rings is 1. The van der Waals surface area contributed by atoms with Crippen LogP contribution in [-0.4, -0.2) is 6.54 Å². The van der Waals surface area contributed by atoms with Crippen molar-refractivity contribution in [3.05, 3.63) is 24.2 Å². The van der Waals surface area contributed by atoms with Gasteiger partial charge in [-0.05, 0) is 37.4 Å². The molecule has 110 valence electrons. The Kier molecular flexibility index (Phi) is 8.59. The first kappa shape index (κ1) is 16.3. The maximum atomic E-state index is 6.04. The molecule has 0 aliphatic rings. The number of hydrogen-bond donors (Lipinski definition) is 2. The van der Waals surface area contributed by atoms with Crippen LogP contribution in [0.25, 0.3) is 0 Å².